The largest absolute Gasteiger partial charge is 0.493 e. The molecule has 180 valence electrons. The van der Waals surface area contributed by atoms with Crippen molar-refractivity contribution in [3.05, 3.63) is 81.7 Å². The van der Waals surface area contributed by atoms with Crippen LogP contribution in [0.4, 0.5) is 0 Å². The first-order valence-corrected chi connectivity index (χ1v) is 11.3. The Morgan fingerprint density at radius 1 is 0.943 bits per heavy atom. The van der Waals surface area contributed by atoms with E-state index in [2.05, 4.69) is 11.0 Å². The monoisotopic (exact) mass is 473 g/mol. The van der Waals surface area contributed by atoms with E-state index in [0.717, 1.165) is 39.0 Å². The van der Waals surface area contributed by atoms with Crippen LogP contribution in [0.2, 0.25) is 0 Å². The molecule has 0 atom stereocenters. The Balaban J connectivity index is 1.52. The van der Waals surface area contributed by atoms with Gasteiger partial charge in [0, 0.05) is 35.7 Å². The van der Waals surface area contributed by atoms with Crippen molar-refractivity contribution in [3.63, 3.8) is 0 Å². The van der Waals surface area contributed by atoms with Crippen LogP contribution < -0.4 is 24.6 Å². The average Bonchev–Trinajstić information content (AvgIpc) is 2.88. The highest BCUT2D eigenvalue weighted by atomic mass is 16.5. The molecule has 7 heteroatoms. The maximum Gasteiger partial charge on any atom is 0.336 e. The molecule has 1 aliphatic rings. The number of aryl methyl sites for hydroxylation is 1. The summed E-state index contributed by atoms with van der Waals surface area (Å²) >= 11 is 0. The van der Waals surface area contributed by atoms with Gasteiger partial charge in [-0.15, -0.1) is 0 Å². The molecule has 1 aromatic heterocycles. The van der Waals surface area contributed by atoms with Gasteiger partial charge in [-0.3, -0.25) is 4.90 Å². The Labute approximate surface area is 203 Å². The Morgan fingerprint density at radius 2 is 1.66 bits per heavy atom. The quantitative estimate of drug-likeness (QED) is 0.359. The van der Waals surface area contributed by atoms with Crippen molar-refractivity contribution in [1.82, 2.24) is 4.90 Å². The van der Waals surface area contributed by atoms with Crippen LogP contribution in [-0.4, -0.2) is 33.0 Å². The summed E-state index contributed by atoms with van der Waals surface area (Å²) in [4.78, 5) is 14.5. The van der Waals surface area contributed by atoms with Gasteiger partial charge in [0.05, 0.1) is 21.3 Å². The van der Waals surface area contributed by atoms with Gasteiger partial charge < -0.3 is 23.4 Å². The highest BCUT2D eigenvalue weighted by Gasteiger charge is 2.24. The molecular weight excluding hydrogens is 446 g/mol. The molecule has 5 rings (SSSR count). The predicted molar refractivity (Wildman–Crippen MR) is 133 cm³/mol. The molecule has 0 saturated carbocycles. The van der Waals surface area contributed by atoms with E-state index >= 15 is 0 Å². The highest BCUT2D eigenvalue weighted by molar-refractivity contribution is 5.96. The van der Waals surface area contributed by atoms with Gasteiger partial charge >= 0.3 is 5.63 Å². The first-order chi connectivity index (χ1) is 17.0. The van der Waals surface area contributed by atoms with Gasteiger partial charge in [0.2, 0.25) is 5.75 Å². The van der Waals surface area contributed by atoms with Crippen LogP contribution in [0, 0.1) is 6.92 Å². The first kappa shape index (κ1) is 22.8. The van der Waals surface area contributed by atoms with E-state index in [4.69, 9.17) is 23.4 Å². The molecule has 0 fully saturated rings. The lowest BCUT2D eigenvalue weighted by Gasteiger charge is -2.30. The van der Waals surface area contributed by atoms with Crippen LogP contribution in [-0.2, 0) is 13.1 Å². The molecule has 0 bridgehead atoms. The Kier molecular flexibility index (Phi) is 6.09. The summed E-state index contributed by atoms with van der Waals surface area (Å²) in [6.07, 6.45) is 0. The summed E-state index contributed by atoms with van der Waals surface area (Å²) in [7, 11) is 4.81. The second-order valence-electron chi connectivity index (χ2n) is 8.51. The van der Waals surface area contributed by atoms with E-state index in [0.29, 0.717) is 42.7 Å². The lowest BCUT2D eigenvalue weighted by molar-refractivity contribution is 0.0879. The number of hydrogen-bond acceptors (Lipinski definition) is 7. The van der Waals surface area contributed by atoms with E-state index in [1.165, 1.54) is 0 Å². The topological polar surface area (TPSA) is 70.4 Å². The summed E-state index contributed by atoms with van der Waals surface area (Å²) in [5.74, 6) is 2.57. The fourth-order valence-corrected chi connectivity index (χ4v) is 4.71. The zero-order chi connectivity index (χ0) is 24.5. The summed E-state index contributed by atoms with van der Waals surface area (Å²) in [6.45, 7) is 3.64. The number of rotatable bonds is 6. The van der Waals surface area contributed by atoms with Crippen LogP contribution in [0.25, 0.3) is 22.1 Å². The smallest absolute Gasteiger partial charge is 0.336 e. The van der Waals surface area contributed by atoms with Crippen LogP contribution in [0.3, 0.4) is 0 Å². The van der Waals surface area contributed by atoms with E-state index in [1.54, 1.807) is 27.4 Å². The van der Waals surface area contributed by atoms with Crippen LogP contribution >= 0.6 is 0 Å². The zero-order valence-corrected chi connectivity index (χ0v) is 20.2. The summed E-state index contributed by atoms with van der Waals surface area (Å²) in [5.41, 5.74) is 4.90. The van der Waals surface area contributed by atoms with Crippen molar-refractivity contribution in [3.8, 4) is 34.1 Å². The van der Waals surface area contributed by atoms with Crippen molar-refractivity contribution in [2.24, 2.45) is 0 Å². The van der Waals surface area contributed by atoms with Gasteiger partial charge in [-0.1, -0.05) is 30.3 Å². The normalized spacial score (nSPS) is 13.3. The molecule has 1 aliphatic heterocycles. The standard InChI is InChI=1S/C28H27NO6/c1-17-26-20(12-22-21(13-25(30)35-27(17)22)19-8-6-5-7-9-19)15-29(16-34-26)14-18-10-23(31-2)28(33-4)24(11-18)32-3/h5-13H,14-16H2,1-4H3. The van der Waals surface area contributed by atoms with Crippen molar-refractivity contribution >= 4 is 11.0 Å². The summed E-state index contributed by atoms with van der Waals surface area (Å²) in [5, 5.41) is 0.894. The average molecular weight is 474 g/mol. The molecule has 0 spiro atoms. The number of ether oxygens (including phenoxy) is 4. The van der Waals surface area contributed by atoms with Crippen molar-refractivity contribution in [2.75, 3.05) is 28.1 Å². The van der Waals surface area contributed by atoms with Crippen molar-refractivity contribution < 1.29 is 23.4 Å². The van der Waals surface area contributed by atoms with Gasteiger partial charge in [-0.05, 0) is 41.8 Å². The predicted octanol–water partition coefficient (Wildman–Crippen LogP) is 5.15. The third-order valence-electron chi connectivity index (χ3n) is 6.29. The second kappa shape index (κ2) is 9.35. The number of benzene rings is 3. The van der Waals surface area contributed by atoms with E-state index in [1.807, 2.05) is 49.4 Å². The van der Waals surface area contributed by atoms with Crippen molar-refractivity contribution in [1.29, 1.82) is 0 Å². The number of hydrogen-bond donors (Lipinski definition) is 0. The Morgan fingerprint density at radius 3 is 2.31 bits per heavy atom. The maximum absolute atomic E-state index is 12.4. The Bertz CT molecular complexity index is 1420. The first-order valence-electron chi connectivity index (χ1n) is 11.3. The summed E-state index contributed by atoms with van der Waals surface area (Å²) in [6, 6.07) is 17.4. The van der Waals surface area contributed by atoms with E-state index in [-0.39, 0.29) is 5.63 Å². The third-order valence-corrected chi connectivity index (χ3v) is 6.29. The zero-order valence-electron chi connectivity index (χ0n) is 20.2. The second-order valence-corrected chi connectivity index (χ2v) is 8.51. The third kappa shape index (κ3) is 4.19. The van der Waals surface area contributed by atoms with Gasteiger partial charge in [0.1, 0.15) is 18.1 Å². The molecule has 3 aromatic carbocycles. The molecule has 0 radical (unpaired) electrons. The van der Waals surface area contributed by atoms with Crippen molar-refractivity contribution in [2.45, 2.75) is 20.0 Å². The number of methoxy groups -OCH3 is 3. The molecule has 2 heterocycles. The SMILES string of the molecule is COc1cc(CN2COc3c(cc4c(-c5ccccc5)cc(=O)oc4c3C)C2)cc(OC)c1OC. The highest BCUT2D eigenvalue weighted by Crippen LogP contribution is 2.40. The fraction of sp³-hybridized carbons (Fsp3) is 0.250. The van der Waals surface area contributed by atoms with Gasteiger partial charge in [-0.2, -0.15) is 0 Å². The fourth-order valence-electron chi connectivity index (χ4n) is 4.71. The molecule has 0 amide bonds. The molecule has 0 aliphatic carbocycles. The van der Waals surface area contributed by atoms with E-state index in [9.17, 15) is 4.79 Å². The molecular formula is C28H27NO6. The van der Waals surface area contributed by atoms with Gasteiger partial charge in [0.25, 0.3) is 0 Å². The lowest BCUT2D eigenvalue weighted by Crippen LogP contribution is -2.32. The van der Waals surface area contributed by atoms with Crippen LogP contribution in [0.1, 0.15) is 16.7 Å². The minimum absolute atomic E-state index is 0.376. The minimum atomic E-state index is -0.376. The molecule has 0 saturated heterocycles. The lowest BCUT2D eigenvalue weighted by atomic mass is 9.97. The maximum atomic E-state index is 12.4. The number of nitrogens with zero attached hydrogens (tertiary/aromatic N) is 1. The molecule has 7 nitrogen and oxygen atoms in total. The molecule has 0 unspecified atom stereocenters. The molecule has 4 aromatic rings. The summed E-state index contributed by atoms with van der Waals surface area (Å²) < 4.78 is 28.2. The minimum Gasteiger partial charge on any atom is -0.493 e. The van der Waals surface area contributed by atoms with Crippen LogP contribution in [0.15, 0.2) is 63.8 Å². The number of fused-ring (bicyclic) bond motifs is 2. The van der Waals surface area contributed by atoms with Gasteiger partial charge in [-0.25, -0.2) is 4.79 Å². The van der Waals surface area contributed by atoms with Gasteiger partial charge in [0.15, 0.2) is 11.5 Å². The molecule has 35 heavy (non-hydrogen) atoms. The Hall–Kier alpha value is -3.97. The molecule has 0 N–H and O–H groups in total. The van der Waals surface area contributed by atoms with E-state index < -0.39 is 0 Å². The van der Waals surface area contributed by atoms with Crippen LogP contribution in [0.5, 0.6) is 23.0 Å².